The number of hydrogen-bond acceptors (Lipinski definition) is 0. The first-order chi connectivity index (χ1) is 10.4. The van der Waals surface area contributed by atoms with E-state index in [-0.39, 0.29) is 30.2 Å². The second kappa shape index (κ2) is 18.2. The minimum Gasteiger partial charge on any atom is -1.00 e. The molecule has 136 valence electrons. The minimum atomic E-state index is 0. The summed E-state index contributed by atoms with van der Waals surface area (Å²) in [5.74, 6) is 0. The van der Waals surface area contributed by atoms with Gasteiger partial charge in [-0.2, -0.15) is 35.4 Å². The number of halogens is 2. The Morgan fingerprint density at radius 2 is 1.12 bits per heavy atom. The van der Waals surface area contributed by atoms with Gasteiger partial charge in [-0.25, -0.2) is 23.3 Å². The van der Waals surface area contributed by atoms with Gasteiger partial charge in [-0.3, -0.25) is 0 Å². The zero-order valence-electron chi connectivity index (χ0n) is 16.0. The Hall–Kier alpha value is 0.380. The average Bonchev–Trinajstić information content (AvgIpc) is 2.99. The van der Waals surface area contributed by atoms with Crippen molar-refractivity contribution >= 4 is 5.43 Å². The summed E-state index contributed by atoms with van der Waals surface area (Å²) in [5.41, 5.74) is 5.63. The van der Waals surface area contributed by atoms with E-state index in [0.29, 0.717) is 0 Å². The molecule has 0 bridgehead atoms. The molecule has 0 N–H and O–H groups in total. The van der Waals surface area contributed by atoms with Crippen LogP contribution in [0.3, 0.4) is 0 Å². The van der Waals surface area contributed by atoms with Gasteiger partial charge in [0.15, 0.2) is 0 Å². The van der Waals surface area contributed by atoms with Gasteiger partial charge in [0.2, 0.25) is 0 Å². The standard InChI is InChI=1S/2C7H9.C6H14Si.2ClH.Zr/c2*1-6-3-4-7(2)5-6;1-3-5-7-6-4-2;;;/h2*3-5H,1-2H3;3-6H2,1-2H3;2*1H;/q2*-1;;;;+2/p-2. The maximum absolute atomic E-state index is 2.30. The monoisotopic (exact) mass is 460 g/mol. The second-order valence-electron chi connectivity index (χ2n) is 6.03. The van der Waals surface area contributed by atoms with Crippen molar-refractivity contribution in [1.82, 2.24) is 0 Å². The summed E-state index contributed by atoms with van der Waals surface area (Å²) >= 11 is 1.84. The van der Waals surface area contributed by atoms with Gasteiger partial charge in [-0.1, -0.05) is 27.7 Å². The van der Waals surface area contributed by atoms with E-state index in [4.69, 9.17) is 0 Å². The smallest absolute Gasteiger partial charge is 0.0635 e. The van der Waals surface area contributed by atoms with Crippen molar-refractivity contribution in [3.05, 3.63) is 58.7 Å². The third-order valence-electron chi connectivity index (χ3n) is 3.23. The summed E-state index contributed by atoms with van der Waals surface area (Å²) in [6, 6.07) is 15.9. The third-order valence-corrected chi connectivity index (χ3v) is 9.13. The molecule has 0 saturated carbocycles. The Bertz CT molecular complexity index is 450. The van der Waals surface area contributed by atoms with Gasteiger partial charge >= 0.3 is 67.5 Å². The quantitative estimate of drug-likeness (QED) is 0.456. The molecule has 4 heteroatoms. The van der Waals surface area contributed by atoms with Crippen molar-refractivity contribution in [2.24, 2.45) is 0 Å². The van der Waals surface area contributed by atoms with Crippen LogP contribution in [-0.4, -0.2) is 5.43 Å². The summed E-state index contributed by atoms with van der Waals surface area (Å²) in [6.07, 6.45) is 2.83. The van der Waals surface area contributed by atoms with E-state index in [0.717, 1.165) is 0 Å². The number of rotatable bonds is 4. The van der Waals surface area contributed by atoms with Crippen molar-refractivity contribution in [3.8, 4) is 0 Å². The molecule has 0 heterocycles. The predicted octanol–water partition coefficient (Wildman–Crippen LogP) is 0.397. The van der Waals surface area contributed by atoms with E-state index in [1.165, 1.54) is 35.1 Å². The van der Waals surface area contributed by atoms with Gasteiger partial charge in [0, 0.05) is 0 Å². The maximum Gasteiger partial charge on any atom is -0.0635 e. The molecule has 0 amide bonds. The number of aryl methyl sites for hydroxylation is 4. The molecule has 0 atom stereocenters. The molecule has 0 aromatic heterocycles. The zero-order valence-corrected chi connectivity index (χ0v) is 21.0. The molecule has 0 aliphatic heterocycles. The van der Waals surface area contributed by atoms with Crippen LogP contribution in [0.25, 0.3) is 0 Å². The van der Waals surface area contributed by atoms with Gasteiger partial charge in [-0.15, -0.1) is 0 Å². The van der Waals surface area contributed by atoms with Gasteiger partial charge in [-0.05, 0) is 0 Å². The maximum atomic E-state index is 2.30. The van der Waals surface area contributed by atoms with E-state index in [1.54, 1.807) is 12.1 Å². The Labute approximate surface area is 177 Å². The van der Waals surface area contributed by atoms with Crippen LogP contribution >= 0.6 is 0 Å². The van der Waals surface area contributed by atoms with Crippen LogP contribution in [0.4, 0.5) is 0 Å². The molecule has 0 nitrogen and oxygen atoms in total. The Morgan fingerprint density at radius 1 is 0.792 bits per heavy atom. The summed E-state index contributed by atoms with van der Waals surface area (Å²) < 4.78 is 0. The molecular formula is C20H32Cl2SiZr-2. The summed E-state index contributed by atoms with van der Waals surface area (Å²) in [5, 5.41) is 0. The first kappa shape index (κ1) is 29.2. The fraction of sp³-hybridized carbons (Fsp3) is 0.500. The van der Waals surface area contributed by atoms with Gasteiger partial charge < -0.3 is 24.8 Å². The normalized spacial score (nSPS) is 8.67. The third kappa shape index (κ3) is 17.2. The Kier molecular flexibility index (Phi) is 22.1. The van der Waals surface area contributed by atoms with Crippen molar-refractivity contribution < 1.29 is 48.1 Å². The van der Waals surface area contributed by atoms with Crippen LogP contribution in [0.2, 0.25) is 12.1 Å². The topological polar surface area (TPSA) is 0 Å². The molecular weight excluding hydrogens is 430 g/mol. The van der Waals surface area contributed by atoms with Crippen molar-refractivity contribution in [2.45, 2.75) is 66.5 Å². The van der Waals surface area contributed by atoms with E-state index in [1.807, 2.05) is 23.3 Å². The van der Waals surface area contributed by atoms with E-state index in [9.17, 15) is 0 Å². The van der Waals surface area contributed by atoms with E-state index < -0.39 is 0 Å². The Morgan fingerprint density at radius 3 is 1.25 bits per heavy atom. The molecule has 2 aromatic carbocycles. The molecule has 24 heavy (non-hydrogen) atoms. The molecule has 0 saturated heterocycles. The summed E-state index contributed by atoms with van der Waals surface area (Å²) in [7, 11) is 0. The number of hydrogen-bond donors (Lipinski definition) is 0. The van der Waals surface area contributed by atoms with Crippen molar-refractivity contribution in [3.63, 3.8) is 0 Å². The van der Waals surface area contributed by atoms with Gasteiger partial charge in [0.1, 0.15) is 0 Å². The second-order valence-corrected chi connectivity index (χ2v) is 13.5. The molecule has 2 rings (SSSR count). The predicted molar refractivity (Wildman–Crippen MR) is 99.0 cm³/mol. The minimum absolute atomic E-state index is 0. The molecule has 0 fully saturated rings. The Balaban J connectivity index is -0.000000265. The molecule has 0 aliphatic carbocycles. The largest absolute Gasteiger partial charge is 1.00 e. The molecule has 0 unspecified atom stereocenters. The van der Waals surface area contributed by atoms with E-state index in [2.05, 4.69) is 77.9 Å². The fourth-order valence-corrected chi connectivity index (χ4v) is 7.31. The van der Waals surface area contributed by atoms with E-state index >= 15 is 0 Å². The van der Waals surface area contributed by atoms with Crippen molar-refractivity contribution in [1.29, 1.82) is 0 Å². The van der Waals surface area contributed by atoms with Crippen LogP contribution in [-0.2, 0) is 23.3 Å². The zero-order chi connectivity index (χ0) is 17.0. The summed E-state index contributed by atoms with van der Waals surface area (Å²) in [6.45, 7) is 13.0. The van der Waals surface area contributed by atoms with Crippen LogP contribution in [0.15, 0.2) is 36.4 Å². The molecule has 0 aliphatic rings. The first-order valence-corrected chi connectivity index (χ1v) is 13.9. The molecule has 0 spiro atoms. The van der Waals surface area contributed by atoms with Gasteiger partial charge in [0.05, 0.1) is 0 Å². The summed E-state index contributed by atoms with van der Waals surface area (Å²) in [4.78, 5) is 0. The van der Waals surface area contributed by atoms with Crippen LogP contribution in [0.5, 0.6) is 0 Å². The van der Waals surface area contributed by atoms with Crippen LogP contribution in [0, 0.1) is 27.7 Å². The SMILES string of the molecule is CCC[Si](=[Zr+2])CCC.Cc1c[cH-]c(C)c1.Cc1c[cH-]c(C)c1.[Cl-].[Cl-]. The first-order valence-electron chi connectivity index (χ1n) is 8.35. The van der Waals surface area contributed by atoms with Crippen molar-refractivity contribution in [2.75, 3.05) is 0 Å². The average molecular weight is 463 g/mol. The molecule has 0 radical (unpaired) electrons. The van der Waals surface area contributed by atoms with Crippen LogP contribution < -0.4 is 24.8 Å². The van der Waals surface area contributed by atoms with Crippen LogP contribution in [0.1, 0.15) is 48.9 Å². The van der Waals surface area contributed by atoms with Gasteiger partial charge in [0.25, 0.3) is 0 Å². The molecule has 2 aromatic rings. The fourth-order valence-electron chi connectivity index (χ4n) is 2.17.